The lowest BCUT2D eigenvalue weighted by molar-refractivity contribution is 0.0386. The molecule has 0 N–H and O–H groups in total. The zero-order chi connectivity index (χ0) is 9.52. The molecule has 0 amide bonds. The van der Waals surface area contributed by atoms with Gasteiger partial charge in [-0.1, -0.05) is 6.58 Å². The number of furan rings is 1. The second-order valence-electron chi connectivity index (χ2n) is 2.15. The van der Waals surface area contributed by atoms with Crippen LogP contribution in [-0.4, -0.2) is 19.2 Å². The maximum atomic E-state index is 11.1. The third-order valence-corrected chi connectivity index (χ3v) is 1.27. The van der Waals surface area contributed by atoms with Gasteiger partial charge in [-0.2, -0.15) is 0 Å². The summed E-state index contributed by atoms with van der Waals surface area (Å²) in [5.41, 5.74) is 0. The highest BCUT2D eigenvalue weighted by atomic mass is 16.6. The number of hydrogen-bond donors (Lipinski definition) is 0. The first-order valence-electron chi connectivity index (χ1n) is 3.77. The van der Waals surface area contributed by atoms with Crippen LogP contribution in [0.25, 0.3) is 0 Å². The first kappa shape index (κ1) is 9.38. The van der Waals surface area contributed by atoms with E-state index in [9.17, 15) is 4.79 Å². The van der Waals surface area contributed by atoms with E-state index in [1.54, 1.807) is 6.07 Å². The van der Waals surface area contributed by atoms with Crippen molar-refractivity contribution in [1.82, 2.24) is 0 Å². The molecule has 0 radical (unpaired) electrons. The van der Waals surface area contributed by atoms with Gasteiger partial charge in [-0.05, 0) is 12.1 Å². The predicted molar refractivity (Wildman–Crippen MR) is 45.1 cm³/mol. The minimum atomic E-state index is -0.488. The van der Waals surface area contributed by atoms with E-state index in [1.165, 1.54) is 18.6 Å². The van der Waals surface area contributed by atoms with Gasteiger partial charge in [0.05, 0.1) is 12.5 Å². The van der Waals surface area contributed by atoms with Crippen LogP contribution in [0.2, 0.25) is 0 Å². The quantitative estimate of drug-likeness (QED) is 0.394. The Morgan fingerprint density at radius 2 is 2.46 bits per heavy atom. The van der Waals surface area contributed by atoms with Crippen molar-refractivity contribution in [3.8, 4) is 0 Å². The highest BCUT2D eigenvalue weighted by molar-refractivity contribution is 5.86. The van der Waals surface area contributed by atoms with Crippen LogP contribution >= 0.6 is 0 Å². The van der Waals surface area contributed by atoms with E-state index in [0.29, 0.717) is 6.61 Å². The summed E-state index contributed by atoms with van der Waals surface area (Å²) in [5, 5.41) is 0. The van der Waals surface area contributed by atoms with E-state index < -0.39 is 5.97 Å². The fraction of sp³-hybridized carbons (Fsp3) is 0.222. The summed E-state index contributed by atoms with van der Waals surface area (Å²) in [6.45, 7) is 3.83. The lowest BCUT2D eigenvalue weighted by atomic mass is 10.5. The van der Waals surface area contributed by atoms with Crippen molar-refractivity contribution in [2.75, 3.05) is 13.2 Å². The molecule has 4 heteroatoms. The molecule has 1 aromatic rings. The van der Waals surface area contributed by atoms with Gasteiger partial charge >= 0.3 is 5.97 Å². The second-order valence-corrected chi connectivity index (χ2v) is 2.15. The Labute approximate surface area is 75.7 Å². The summed E-state index contributed by atoms with van der Waals surface area (Å²) in [6.07, 6.45) is 2.71. The van der Waals surface area contributed by atoms with Gasteiger partial charge in [0.2, 0.25) is 5.76 Å². The molecule has 70 valence electrons. The first-order valence-corrected chi connectivity index (χ1v) is 3.77. The number of hydrogen-bond acceptors (Lipinski definition) is 4. The van der Waals surface area contributed by atoms with Gasteiger partial charge in [0, 0.05) is 0 Å². The van der Waals surface area contributed by atoms with Gasteiger partial charge in [0.25, 0.3) is 0 Å². The van der Waals surface area contributed by atoms with Crippen molar-refractivity contribution < 1.29 is 18.7 Å². The van der Waals surface area contributed by atoms with Crippen molar-refractivity contribution in [2.45, 2.75) is 0 Å². The predicted octanol–water partition coefficient (Wildman–Crippen LogP) is 1.60. The second kappa shape index (κ2) is 5.03. The normalized spacial score (nSPS) is 9.23. The topological polar surface area (TPSA) is 48.7 Å². The molecular formula is C9H10O4. The molecule has 0 fully saturated rings. The standard InChI is InChI=1S/C9H10O4/c1-2-11-6-7-13-9(10)8-4-3-5-12-8/h2-5H,1,6-7H2. The van der Waals surface area contributed by atoms with Crippen molar-refractivity contribution in [3.05, 3.63) is 37.0 Å². The number of carbonyl (C=O) groups is 1. The zero-order valence-corrected chi connectivity index (χ0v) is 7.06. The summed E-state index contributed by atoms with van der Waals surface area (Å²) in [6, 6.07) is 3.16. The van der Waals surface area contributed by atoms with E-state index in [1.807, 2.05) is 0 Å². The highest BCUT2D eigenvalue weighted by Crippen LogP contribution is 2.01. The molecule has 0 aliphatic rings. The minimum Gasteiger partial charge on any atom is -0.498 e. The first-order chi connectivity index (χ1) is 6.34. The molecule has 0 aliphatic carbocycles. The Balaban J connectivity index is 2.23. The molecule has 0 saturated heterocycles. The van der Waals surface area contributed by atoms with Crippen LogP contribution in [0.5, 0.6) is 0 Å². The van der Waals surface area contributed by atoms with Gasteiger partial charge in [0.15, 0.2) is 0 Å². The van der Waals surface area contributed by atoms with Gasteiger partial charge in [-0.25, -0.2) is 4.79 Å². The van der Waals surface area contributed by atoms with Crippen LogP contribution in [-0.2, 0) is 9.47 Å². The van der Waals surface area contributed by atoms with Gasteiger partial charge in [0.1, 0.15) is 13.2 Å². The summed E-state index contributed by atoms with van der Waals surface area (Å²) in [5.74, 6) is -0.295. The van der Waals surface area contributed by atoms with E-state index in [4.69, 9.17) is 13.9 Å². The minimum absolute atomic E-state index is 0.186. The molecule has 1 heterocycles. The van der Waals surface area contributed by atoms with Gasteiger partial charge < -0.3 is 13.9 Å². The van der Waals surface area contributed by atoms with Crippen molar-refractivity contribution in [2.24, 2.45) is 0 Å². The Morgan fingerprint density at radius 3 is 3.08 bits per heavy atom. The monoisotopic (exact) mass is 182 g/mol. The SMILES string of the molecule is C=COCCOC(=O)c1ccco1. The molecule has 0 saturated carbocycles. The maximum absolute atomic E-state index is 11.1. The third-order valence-electron chi connectivity index (χ3n) is 1.27. The van der Waals surface area contributed by atoms with E-state index >= 15 is 0 Å². The fourth-order valence-corrected chi connectivity index (χ4v) is 0.732. The third kappa shape index (κ3) is 3.02. The lowest BCUT2D eigenvalue weighted by Crippen LogP contribution is -2.08. The van der Waals surface area contributed by atoms with E-state index in [2.05, 4.69) is 6.58 Å². The average molecular weight is 182 g/mol. The Hall–Kier alpha value is -1.71. The van der Waals surface area contributed by atoms with Crippen LogP contribution in [0.3, 0.4) is 0 Å². The fourth-order valence-electron chi connectivity index (χ4n) is 0.732. The summed E-state index contributed by atoms with van der Waals surface area (Å²) in [7, 11) is 0. The van der Waals surface area contributed by atoms with Crippen LogP contribution in [0.4, 0.5) is 0 Å². The Kier molecular flexibility index (Phi) is 3.63. The van der Waals surface area contributed by atoms with Crippen molar-refractivity contribution in [1.29, 1.82) is 0 Å². The molecule has 0 bridgehead atoms. The number of rotatable bonds is 5. The number of esters is 1. The number of carbonyl (C=O) groups excluding carboxylic acids is 1. The zero-order valence-electron chi connectivity index (χ0n) is 7.06. The molecule has 0 spiro atoms. The van der Waals surface area contributed by atoms with Crippen molar-refractivity contribution >= 4 is 5.97 Å². The molecule has 0 atom stereocenters. The van der Waals surface area contributed by atoms with Crippen LogP contribution < -0.4 is 0 Å². The molecule has 13 heavy (non-hydrogen) atoms. The van der Waals surface area contributed by atoms with Crippen LogP contribution in [0.15, 0.2) is 35.7 Å². The molecule has 4 nitrogen and oxygen atoms in total. The molecule has 0 aromatic carbocycles. The van der Waals surface area contributed by atoms with Gasteiger partial charge in [-0.3, -0.25) is 0 Å². The molecular weight excluding hydrogens is 172 g/mol. The maximum Gasteiger partial charge on any atom is 0.374 e. The van der Waals surface area contributed by atoms with Crippen LogP contribution in [0.1, 0.15) is 10.6 Å². The summed E-state index contributed by atoms with van der Waals surface area (Å²) < 4.78 is 14.4. The summed E-state index contributed by atoms with van der Waals surface area (Å²) >= 11 is 0. The van der Waals surface area contributed by atoms with E-state index in [-0.39, 0.29) is 12.4 Å². The molecule has 1 aromatic heterocycles. The average Bonchev–Trinajstić information content (AvgIpc) is 2.65. The van der Waals surface area contributed by atoms with Crippen LogP contribution in [0, 0.1) is 0 Å². The Bertz CT molecular complexity index is 263. The molecule has 1 rings (SSSR count). The van der Waals surface area contributed by atoms with E-state index in [0.717, 1.165) is 0 Å². The molecule has 0 unspecified atom stereocenters. The highest BCUT2D eigenvalue weighted by Gasteiger charge is 2.08. The largest absolute Gasteiger partial charge is 0.498 e. The Morgan fingerprint density at radius 1 is 1.62 bits per heavy atom. The molecule has 0 aliphatic heterocycles. The number of ether oxygens (including phenoxy) is 2. The smallest absolute Gasteiger partial charge is 0.374 e. The van der Waals surface area contributed by atoms with Gasteiger partial charge in [-0.15, -0.1) is 0 Å². The lowest BCUT2D eigenvalue weighted by Gasteiger charge is -2.01. The summed E-state index contributed by atoms with van der Waals surface area (Å²) in [4.78, 5) is 11.1. The van der Waals surface area contributed by atoms with Crippen molar-refractivity contribution in [3.63, 3.8) is 0 Å².